The van der Waals surface area contributed by atoms with Crippen LogP contribution in [0.3, 0.4) is 0 Å². The second-order valence-electron chi connectivity index (χ2n) is 2.68. The van der Waals surface area contributed by atoms with Gasteiger partial charge in [-0.05, 0) is 17.8 Å². The second-order valence-corrected chi connectivity index (χ2v) is 3.12. The molecule has 0 saturated heterocycles. The number of hydrogen-bond donors (Lipinski definition) is 3. The first kappa shape index (κ1) is 10.5. The third kappa shape index (κ3) is 3.86. The van der Waals surface area contributed by atoms with Crippen molar-refractivity contribution in [1.29, 1.82) is 0 Å². The first-order valence-electron chi connectivity index (χ1n) is 4.09. The Hall–Kier alpha value is -1.62. The summed E-state index contributed by atoms with van der Waals surface area (Å²) in [5, 5.41) is 2.67. The Morgan fingerprint density at radius 3 is 2.50 bits per heavy atom. The maximum absolute atomic E-state index is 5.49. The first-order valence-corrected chi connectivity index (χ1v) is 4.49. The predicted octanol–water partition coefficient (Wildman–Crippen LogP) is 0.335. The lowest BCUT2D eigenvalue weighted by Crippen LogP contribution is -2.40. The van der Waals surface area contributed by atoms with Crippen LogP contribution in [0.15, 0.2) is 35.3 Å². The number of benzene rings is 1. The fourth-order valence-electron chi connectivity index (χ4n) is 0.926. The van der Waals surface area contributed by atoms with Crippen molar-refractivity contribution in [3.63, 3.8) is 0 Å². The first-order chi connectivity index (χ1) is 6.68. The van der Waals surface area contributed by atoms with Crippen LogP contribution in [0, 0.1) is 0 Å². The molecule has 0 heterocycles. The monoisotopic (exact) mass is 208 g/mol. The minimum atomic E-state index is 0.124. The number of nitrogens with one attached hydrogen (secondary N) is 1. The van der Waals surface area contributed by atoms with E-state index in [1.807, 2.05) is 30.3 Å². The molecular formula is C9H12N4S. The van der Waals surface area contributed by atoms with Gasteiger partial charge in [-0.15, -0.1) is 0 Å². The highest BCUT2D eigenvalue weighted by Gasteiger charge is 1.92. The molecule has 0 amide bonds. The molecule has 0 spiro atoms. The fraction of sp³-hybridized carbons (Fsp3) is 0.111. The highest BCUT2D eigenvalue weighted by Crippen LogP contribution is 1.99. The Morgan fingerprint density at radius 2 is 1.93 bits per heavy atom. The quantitative estimate of drug-likeness (QED) is 0.372. The van der Waals surface area contributed by atoms with Crippen LogP contribution in [-0.4, -0.2) is 11.1 Å². The third-order valence-corrected chi connectivity index (χ3v) is 1.63. The van der Waals surface area contributed by atoms with E-state index >= 15 is 0 Å². The Labute approximate surface area is 88.0 Å². The molecule has 1 aromatic carbocycles. The highest BCUT2D eigenvalue weighted by molar-refractivity contribution is 7.80. The summed E-state index contributed by atoms with van der Waals surface area (Å²) in [5.41, 5.74) is 11.8. The van der Waals surface area contributed by atoms with Crippen molar-refractivity contribution in [2.24, 2.45) is 16.5 Å². The van der Waals surface area contributed by atoms with Crippen LogP contribution in [0.5, 0.6) is 0 Å². The van der Waals surface area contributed by atoms with Gasteiger partial charge in [0.1, 0.15) is 0 Å². The van der Waals surface area contributed by atoms with Crippen LogP contribution in [0.25, 0.3) is 0 Å². The number of nitrogens with zero attached hydrogens (tertiary/aromatic N) is 1. The van der Waals surface area contributed by atoms with E-state index in [9.17, 15) is 0 Å². The molecule has 5 N–H and O–H groups in total. The smallest absolute Gasteiger partial charge is 0.195 e. The molecule has 0 aliphatic carbocycles. The normalized spacial score (nSPS) is 11.0. The fourth-order valence-corrected chi connectivity index (χ4v) is 1.03. The van der Waals surface area contributed by atoms with Crippen molar-refractivity contribution in [3.8, 4) is 0 Å². The maximum atomic E-state index is 5.49. The Bertz CT molecular complexity index is 334. The zero-order valence-corrected chi connectivity index (χ0v) is 8.42. The average Bonchev–Trinajstić information content (AvgIpc) is 2.15. The van der Waals surface area contributed by atoms with E-state index in [4.69, 9.17) is 11.5 Å². The number of rotatable bonds is 2. The molecule has 14 heavy (non-hydrogen) atoms. The molecule has 1 rings (SSSR count). The molecule has 5 heteroatoms. The van der Waals surface area contributed by atoms with E-state index in [1.54, 1.807) is 0 Å². The molecule has 0 saturated carbocycles. The number of guanidine groups is 1. The molecule has 0 aliphatic rings. The predicted molar refractivity (Wildman–Crippen MR) is 61.7 cm³/mol. The van der Waals surface area contributed by atoms with Gasteiger partial charge in [-0.25, -0.2) is 4.99 Å². The van der Waals surface area contributed by atoms with Gasteiger partial charge in [0.05, 0.1) is 6.54 Å². The summed E-state index contributed by atoms with van der Waals surface area (Å²) < 4.78 is 0. The van der Waals surface area contributed by atoms with E-state index in [1.165, 1.54) is 0 Å². The van der Waals surface area contributed by atoms with Gasteiger partial charge >= 0.3 is 0 Å². The summed E-state index contributed by atoms with van der Waals surface area (Å²) in [7, 11) is 0. The van der Waals surface area contributed by atoms with Gasteiger partial charge in [0.15, 0.2) is 11.1 Å². The zero-order valence-electron chi connectivity index (χ0n) is 7.60. The topological polar surface area (TPSA) is 76.4 Å². The number of thiocarbonyl (C=S) groups is 1. The lowest BCUT2D eigenvalue weighted by atomic mass is 10.2. The summed E-state index contributed by atoms with van der Waals surface area (Å²) in [6, 6.07) is 9.78. The Morgan fingerprint density at radius 1 is 1.29 bits per heavy atom. The SMILES string of the molecule is NC(=S)NC(N)=NCc1ccccc1. The Balaban J connectivity index is 2.51. The van der Waals surface area contributed by atoms with Gasteiger partial charge in [0.25, 0.3) is 0 Å². The molecule has 0 unspecified atom stereocenters. The molecule has 0 atom stereocenters. The summed E-state index contributed by atoms with van der Waals surface area (Å²) >= 11 is 4.61. The second kappa shape index (κ2) is 5.18. The van der Waals surface area contributed by atoms with Gasteiger partial charge in [-0.3, -0.25) is 0 Å². The molecule has 0 aromatic heterocycles. The molecule has 0 aliphatic heterocycles. The van der Waals surface area contributed by atoms with Crippen molar-refractivity contribution in [3.05, 3.63) is 35.9 Å². The van der Waals surface area contributed by atoms with Crippen LogP contribution >= 0.6 is 12.2 Å². The molecule has 0 fully saturated rings. The average molecular weight is 208 g/mol. The largest absolute Gasteiger partial charge is 0.376 e. The van der Waals surface area contributed by atoms with E-state index in [-0.39, 0.29) is 11.1 Å². The Kier molecular flexibility index (Phi) is 3.87. The number of nitrogens with two attached hydrogens (primary N) is 2. The van der Waals surface area contributed by atoms with Crippen molar-refractivity contribution >= 4 is 23.3 Å². The van der Waals surface area contributed by atoms with Gasteiger partial charge in [-0.1, -0.05) is 30.3 Å². The van der Waals surface area contributed by atoms with Crippen molar-refractivity contribution < 1.29 is 0 Å². The van der Waals surface area contributed by atoms with Gasteiger partial charge in [-0.2, -0.15) is 0 Å². The summed E-state index contributed by atoms with van der Waals surface area (Å²) in [6.45, 7) is 0.516. The molecule has 0 radical (unpaired) electrons. The number of hydrogen-bond acceptors (Lipinski definition) is 2. The lowest BCUT2D eigenvalue weighted by Gasteiger charge is -2.02. The van der Waals surface area contributed by atoms with Crippen LogP contribution in [0.4, 0.5) is 0 Å². The minimum Gasteiger partial charge on any atom is -0.376 e. The standard InChI is InChI=1S/C9H12N4S/c10-8(13-9(11)14)12-6-7-4-2-1-3-5-7/h1-5H,6H2,(H5,10,11,12,13,14). The lowest BCUT2D eigenvalue weighted by molar-refractivity contribution is 1.04. The van der Waals surface area contributed by atoms with Crippen LogP contribution in [0.1, 0.15) is 5.56 Å². The van der Waals surface area contributed by atoms with Gasteiger partial charge in [0.2, 0.25) is 0 Å². The molecule has 74 valence electrons. The zero-order chi connectivity index (χ0) is 10.4. The summed E-state index contributed by atoms with van der Waals surface area (Å²) in [4.78, 5) is 4.05. The summed E-state index contributed by atoms with van der Waals surface area (Å²) in [5.74, 6) is 0.237. The van der Waals surface area contributed by atoms with E-state index < -0.39 is 0 Å². The van der Waals surface area contributed by atoms with Gasteiger partial charge < -0.3 is 16.8 Å². The molecule has 0 bridgehead atoms. The van der Waals surface area contributed by atoms with E-state index in [2.05, 4.69) is 22.5 Å². The molecule has 1 aromatic rings. The van der Waals surface area contributed by atoms with Gasteiger partial charge in [0, 0.05) is 0 Å². The minimum absolute atomic E-state index is 0.124. The summed E-state index contributed by atoms with van der Waals surface area (Å²) in [6.07, 6.45) is 0. The maximum Gasteiger partial charge on any atom is 0.195 e. The van der Waals surface area contributed by atoms with Crippen LogP contribution in [0.2, 0.25) is 0 Å². The van der Waals surface area contributed by atoms with Crippen molar-refractivity contribution in [2.45, 2.75) is 6.54 Å². The van der Waals surface area contributed by atoms with Crippen molar-refractivity contribution in [1.82, 2.24) is 5.32 Å². The number of aliphatic imine (C=N–C) groups is 1. The highest BCUT2D eigenvalue weighted by atomic mass is 32.1. The third-order valence-electron chi connectivity index (χ3n) is 1.53. The van der Waals surface area contributed by atoms with Crippen LogP contribution in [-0.2, 0) is 6.54 Å². The van der Waals surface area contributed by atoms with Crippen molar-refractivity contribution in [2.75, 3.05) is 0 Å². The van der Waals surface area contributed by atoms with E-state index in [0.29, 0.717) is 6.54 Å². The van der Waals surface area contributed by atoms with E-state index in [0.717, 1.165) is 5.56 Å². The molecular weight excluding hydrogens is 196 g/mol. The van der Waals surface area contributed by atoms with Crippen LogP contribution < -0.4 is 16.8 Å². The molecule has 4 nitrogen and oxygen atoms in total.